The van der Waals surface area contributed by atoms with Crippen molar-refractivity contribution in [2.45, 2.75) is 36.7 Å². The molecule has 2 aromatic carbocycles. The number of aliphatic hydroxyl groups excluding tert-OH is 5. The molecule has 4 rings (SSSR count). The zero-order valence-electron chi connectivity index (χ0n) is 19.0. The van der Waals surface area contributed by atoms with E-state index in [-0.39, 0.29) is 37.3 Å². The molecule has 2 unspecified atom stereocenters. The Kier molecular flexibility index (Phi) is 9.75. The summed E-state index contributed by atoms with van der Waals surface area (Å²) in [5.41, 5.74) is -0.125. The van der Waals surface area contributed by atoms with Crippen LogP contribution in [-0.4, -0.2) is 76.1 Å². The lowest BCUT2D eigenvalue weighted by Gasteiger charge is -2.35. The quantitative estimate of drug-likeness (QED) is 0.298. The average molecular weight is 520 g/mol. The third-order valence-electron chi connectivity index (χ3n) is 6.34. The lowest BCUT2D eigenvalue weighted by atomic mass is 9.85. The second kappa shape index (κ2) is 12.4. The fourth-order valence-corrected chi connectivity index (χ4v) is 4.40. The van der Waals surface area contributed by atoms with Crippen molar-refractivity contribution in [2.24, 2.45) is 11.8 Å². The maximum absolute atomic E-state index is 14.2. The van der Waals surface area contributed by atoms with Crippen LogP contribution in [0.15, 0.2) is 36.4 Å². The molecule has 2 fully saturated rings. The first-order chi connectivity index (χ1) is 17.0. The van der Waals surface area contributed by atoms with E-state index in [1.165, 1.54) is 0 Å². The van der Waals surface area contributed by atoms with Crippen molar-refractivity contribution in [3.05, 3.63) is 70.8 Å². The summed E-state index contributed by atoms with van der Waals surface area (Å²) in [5.74, 6) is -4.96. The molecule has 8 atom stereocenters. The van der Waals surface area contributed by atoms with Crippen molar-refractivity contribution in [3.63, 3.8) is 0 Å². The molecule has 2 heterocycles. The zero-order valence-corrected chi connectivity index (χ0v) is 19.0. The number of aliphatic hydroxyl groups is 5. The highest BCUT2D eigenvalue weighted by molar-refractivity contribution is 5.22. The minimum Gasteiger partial charge on any atom is -0.390 e. The normalized spacial score (nSPS) is 30.2. The summed E-state index contributed by atoms with van der Waals surface area (Å²) in [5, 5.41) is 54.0. The van der Waals surface area contributed by atoms with E-state index in [1.54, 1.807) is 0 Å². The Hall–Kier alpha value is -2.19. The van der Waals surface area contributed by atoms with Gasteiger partial charge in [0.25, 0.3) is 0 Å². The van der Waals surface area contributed by atoms with Gasteiger partial charge < -0.3 is 36.2 Å². The molecule has 7 N–H and O–H groups in total. The molecule has 36 heavy (non-hydrogen) atoms. The van der Waals surface area contributed by atoms with Crippen LogP contribution in [0.4, 0.5) is 22.0 Å². The largest absolute Gasteiger partial charge is 0.390 e. The van der Waals surface area contributed by atoms with Crippen LogP contribution in [0.25, 0.3) is 0 Å². The van der Waals surface area contributed by atoms with Crippen LogP contribution in [0.3, 0.4) is 0 Å². The minimum absolute atomic E-state index is 0.0486. The Morgan fingerprint density at radius 3 is 1.47 bits per heavy atom. The van der Waals surface area contributed by atoms with Crippen LogP contribution in [0, 0.1) is 35.1 Å². The number of hydrogen-bond donors (Lipinski definition) is 7. The molecule has 0 aromatic heterocycles. The highest BCUT2D eigenvalue weighted by Crippen LogP contribution is 2.32. The van der Waals surface area contributed by atoms with Crippen LogP contribution >= 0.6 is 0 Å². The van der Waals surface area contributed by atoms with E-state index in [1.807, 2.05) is 0 Å². The second-order valence-electron chi connectivity index (χ2n) is 9.01. The van der Waals surface area contributed by atoms with Gasteiger partial charge in [0.05, 0.1) is 30.5 Å². The number of alkyl halides is 1. The Morgan fingerprint density at radius 2 is 1.00 bits per heavy atom. The Labute approximate surface area is 204 Å². The van der Waals surface area contributed by atoms with Gasteiger partial charge in [0.15, 0.2) is 0 Å². The fraction of sp³-hybridized carbons (Fsp3) is 0.500. The van der Waals surface area contributed by atoms with E-state index in [0.29, 0.717) is 12.1 Å². The van der Waals surface area contributed by atoms with Gasteiger partial charge in [-0.1, -0.05) is 0 Å². The number of hydrogen-bond acceptors (Lipinski definition) is 7. The molecule has 0 radical (unpaired) electrons. The molecule has 0 bridgehead atoms. The summed E-state index contributed by atoms with van der Waals surface area (Å²) in [6.07, 6.45) is -7.46. The van der Waals surface area contributed by atoms with Crippen molar-refractivity contribution < 1.29 is 47.5 Å². The summed E-state index contributed by atoms with van der Waals surface area (Å²) >= 11 is 0. The second-order valence-corrected chi connectivity index (χ2v) is 9.01. The van der Waals surface area contributed by atoms with E-state index in [4.69, 9.17) is 0 Å². The first-order valence-corrected chi connectivity index (χ1v) is 11.4. The molecule has 0 aliphatic carbocycles. The molecule has 2 aliphatic heterocycles. The van der Waals surface area contributed by atoms with E-state index in [0.717, 1.165) is 24.3 Å². The van der Waals surface area contributed by atoms with Gasteiger partial charge in [-0.25, -0.2) is 22.0 Å². The predicted octanol–water partition coefficient (Wildman–Crippen LogP) is 0.856. The van der Waals surface area contributed by atoms with Gasteiger partial charge in [0.2, 0.25) is 0 Å². The fourth-order valence-electron chi connectivity index (χ4n) is 4.40. The van der Waals surface area contributed by atoms with Crippen molar-refractivity contribution >= 4 is 0 Å². The number of β-amino-alcohol motifs (C(OH)–C–C–N with tert-alkyl or cyclic N) is 2. The summed E-state index contributed by atoms with van der Waals surface area (Å²) in [4.78, 5) is 0. The van der Waals surface area contributed by atoms with Crippen LogP contribution < -0.4 is 10.6 Å². The topological polar surface area (TPSA) is 125 Å². The van der Waals surface area contributed by atoms with Crippen LogP contribution in [0.1, 0.15) is 23.4 Å². The van der Waals surface area contributed by atoms with E-state index in [2.05, 4.69) is 10.6 Å². The van der Waals surface area contributed by atoms with Gasteiger partial charge in [0, 0.05) is 50.1 Å². The monoisotopic (exact) mass is 520 g/mol. The highest BCUT2D eigenvalue weighted by atomic mass is 19.1. The van der Waals surface area contributed by atoms with Gasteiger partial charge >= 0.3 is 0 Å². The first-order valence-electron chi connectivity index (χ1n) is 11.4. The van der Waals surface area contributed by atoms with Crippen molar-refractivity contribution in [1.29, 1.82) is 0 Å². The Bertz CT molecular complexity index is 899. The van der Waals surface area contributed by atoms with Crippen LogP contribution in [-0.2, 0) is 0 Å². The molecule has 0 spiro atoms. The van der Waals surface area contributed by atoms with Crippen molar-refractivity contribution in [1.82, 2.24) is 10.6 Å². The predicted molar refractivity (Wildman–Crippen MR) is 118 cm³/mol. The molecular formula is C24H29F5N2O5. The number of nitrogens with one attached hydrogen (secondary N) is 2. The van der Waals surface area contributed by atoms with E-state index in [9.17, 15) is 47.5 Å². The number of piperidine rings is 2. The SMILES string of the molecule is OC(c1cc(F)cc(F)c1)[C@H]1CNC[C@@H](O)[C@@H]1O.O[C@H]1[C@H](O)CNC[C@@H]1C(F)c1cc(F)cc(F)c1. The maximum Gasteiger partial charge on any atom is 0.132 e. The van der Waals surface area contributed by atoms with Crippen LogP contribution in [0.5, 0.6) is 0 Å². The summed E-state index contributed by atoms with van der Waals surface area (Å²) in [6.45, 7) is 0.791. The highest BCUT2D eigenvalue weighted by Gasteiger charge is 2.37. The first kappa shape index (κ1) is 28.4. The van der Waals surface area contributed by atoms with E-state index >= 15 is 0 Å². The van der Waals surface area contributed by atoms with Crippen molar-refractivity contribution in [3.8, 4) is 0 Å². The van der Waals surface area contributed by atoms with Crippen molar-refractivity contribution in [2.75, 3.05) is 26.2 Å². The molecule has 0 saturated carbocycles. The Balaban J connectivity index is 0.000000201. The zero-order chi connectivity index (χ0) is 26.6. The Morgan fingerprint density at radius 1 is 0.611 bits per heavy atom. The maximum atomic E-state index is 14.2. The van der Waals surface area contributed by atoms with Gasteiger partial charge in [-0.05, 0) is 35.4 Å². The molecule has 200 valence electrons. The number of rotatable bonds is 4. The summed E-state index contributed by atoms with van der Waals surface area (Å²) < 4.78 is 66.3. The van der Waals surface area contributed by atoms with Gasteiger partial charge in [-0.3, -0.25) is 0 Å². The standard InChI is InChI=1S/C12H14F3NO2.C12H15F2NO3/c13-7-1-6(2-8(14)3-7)11(15)9-4-16-5-10(17)12(9)18;13-7-1-6(2-8(14)3-7)11(17)9-4-15-5-10(16)12(9)18/h1-3,9-12,16-18H,4-5H2;1-3,9-12,15-18H,4-5H2/t2*9-,10-,11?,12-/m11/s1. The smallest absolute Gasteiger partial charge is 0.132 e. The third-order valence-corrected chi connectivity index (χ3v) is 6.34. The number of benzene rings is 2. The molecule has 7 nitrogen and oxygen atoms in total. The summed E-state index contributed by atoms with van der Waals surface area (Å²) in [6, 6.07) is 5.17. The van der Waals surface area contributed by atoms with Gasteiger partial charge in [-0.2, -0.15) is 0 Å². The van der Waals surface area contributed by atoms with Gasteiger partial charge in [0.1, 0.15) is 29.4 Å². The molecule has 2 saturated heterocycles. The average Bonchev–Trinajstić information content (AvgIpc) is 2.81. The third kappa shape index (κ3) is 6.97. The molecule has 12 heteroatoms. The molecule has 2 aliphatic rings. The lowest BCUT2D eigenvalue weighted by molar-refractivity contribution is -0.0749. The molecule has 0 amide bonds. The molecular weight excluding hydrogens is 491 g/mol. The number of halogens is 5. The lowest BCUT2D eigenvalue weighted by Crippen LogP contribution is -2.52. The van der Waals surface area contributed by atoms with E-state index < -0.39 is 71.8 Å². The molecule has 2 aromatic rings. The minimum atomic E-state index is -1.74. The van der Waals surface area contributed by atoms with Crippen LogP contribution in [0.2, 0.25) is 0 Å². The van der Waals surface area contributed by atoms with Gasteiger partial charge in [-0.15, -0.1) is 0 Å². The summed E-state index contributed by atoms with van der Waals surface area (Å²) in [7, 11) is 0.